The largest absolute Gasteiger partial charge is 0.345 e. The number of nitrogens with zero attached hydrogens (tertiary/aromatic N) is 3. The molecule has 1 aromatic rings. The van der Waals surface area contributed by atoms with Crippen molar-refractivity contribution in [2.75, 3.05) is 39.8 Å². The molecule has 1 saturated carbocycles. The Labute approximate surface area is 140 Å². The number of rotatable bonds is 4. The second-order valence-corrected chi connectivity index (χ2v) is 7.45. The van der Waals surface area contributed by atoms with Crippen LogP contribution in [0.25, 0.3) is 0 Å². The predicted octanol–water partition coefficient (Wildman–Crippen LogP) is 3.04. The molecule has 0 atom stereocenters. The van der Waals surface area contributed by atoms with Gasteiger partial charge in [-0.3, -0.25) is 9.69 Å². The van der Waals surface area contributed by atoms with Crippen LogP contribution in [-0.4, -0.2) is 59.9 Å². The van der Waals surface area contributed by atoms with Crippen molar-refractivity contribution in [2.24, 2.45) is 0 Å². The average molecular weight is 317 g/mol. The third-order valence-corrected chi connectivity index (χ3v) is 5.69. The van der Waals surface area contributed by atoms with Crippen LogP contribution in [0.15, 0.2) is 6.07 Å². The molecule has 0 spiro atoms. The highest BCUT2D eigenvalue weighted by atomic mass is 16.1. The van der Waals surface area contributed by atoms with E-state index in [2.05, 4.69) is 41.3 Å². The van der Waals surface area contributed by atoms with E-state index in [0.717, 1.165) is 31.7 Å². The van der Waals surface area contributed by atoms with Crippen LogP contribution in [0.1, 0.15) is 59.9 Å². The molecule has 4 nitrogen and oxygen atoms in total. The maximum Gasteiger partial charge on any atom is 0.178 e. The molecular formula is C19H31N3O. The molecule has 0 aromatic carbocycles. The summed E-state index contributed by atoms with van der Waals surface area (Å²) in [5.74, 6) is 0.296. The molecule has 0 bridgehead atoms. The third-order valence-electron chi connectivity index (χ3n) is 5.69. The smallest absolute Gasteiger partial charge is 0.178 e. The predicted molar refractivity (Wildman–Crippen MR) is 94.3 cm³/mol. The second kappa shape index (κ2) is 7.18. The van der Waals surface area contributed by atoms with Crippen LogP contribution >= 0.6 is 0 Å². The molecule has 2 aliphatic rings. The average Bonchev–Trinajstić information content (AvgIpc) is 2.85. The number of aromatic nitrogens is 1. The van der Waals surface area contributed by atoms with E-state index in [1.165, 1.54) is 43.5 Å². The zero-order chi connectivity index (χ0) is 16.4. The second-order valence-electron chi connectivity index (χ2n) is 7.45. The maximum absolute atomic E-state index is 12.8. The number of ketones is 1. The Kier molecular flexibility index (Phi) is 5.22. The van der Waals surface area contributed by atoms with Crippen molar-refractivity contribution in [3.8, 4) is 0 Å². The van der Waals surface area contributed by atoms with Gasteiger partial charge >= 0.3 is 0 Å². The van der Waals surface area contributed by atoms with Crippen molar-refractivity contribution in [1.29, 1.82) is 0 Å². The summed E-state index contributed by atoms with van der Waals surface area (Å²) in [5.41, 5.74) is 3.40. The fraction of sp³-hybridized carbons (Fsp3) is 0.737. The summed E-state index contributed by atoms with van der Waals surface area (Å²) < 4.78 is 2.44. The first-order chi connectivity index (χ1) is 11.1. The van der Waals surface area contributed by atoms with Gasteiger partial charge < -0.3 is 9.47 Å². The van der Waals surface area contributed by atoms with Crippen molar-refractivity contribution in [3.63, 3.8) is 0 Å². The number of carbonyl (C=O) groups excluding carboxylic acids is 1. The monoisotopic (exact) mass is 317 g/mol. The minimum Gasteiger partial charge on any atom is -0.345 e. The molecule has 128 valence electrons. The number of carbonyl (C=O) groups is 1. The lowest BCUT2D eigenvalue weighted by Crippen LogP contribution is -2.46. The third kappa shape index (κ3) is 3.69. The van der Waals surface area contributed by atoms with E-state index >= 15 is 0 Å². The molecule has 1 saturated heterocycles. The molecule has 2 heterocycles. The van der Waals surface area contributed by atoms with Crippen LogP contribution in [0.2, 0.25) is 0 Å². The van der Waals surface area contributed by atoms with Crippen molar-refractivity contribution in [3.05, 3.63) is 23.0 Å². The molecule has 0 N–H and O–H groups in total. The highest BCUT2D eigenvalue weighted by Gasteiger charge is 2.24. The topological polar surface area (TPSA) is 28.5 Å². The molecule has 0 amide bonds. The molecule has 3 rings (SSSR count). The Morgan fingerprint density at radius 1 is 1.09 bits per heavy atom. The summed E-state index contributed by atoms with van der Waals surface area (Å²) in [7, 11) is 2.15. The number of aryl methyl sites for hydroxylation is 1. The van der Waals surface area contributed by atoms with Gasteiger partial charge in [0, 0.05) is 49.2 Å². The number of hydrogen-bond donors (Lipinski definition) is 0. The number of hydrogen-bond acceptors (Lipinski definition) is 3. The summed E-state index contributed by atoms with van der Waals surface area (Å²) in [6.07, 6.45) is 6.55. The molecule has 23 heavy (non-hydrogen) atoms. The van der Waals surface area contributed by atoms with Gasteiger partial charge in [-0.2, -0.15) is 0 Å². The molecule has 0 unspecified atom stereocenters. The van der Waals surface area contributed by atoms with Crippen LogP contribution < -0.4 is 0 Å². The van der Waals surface area contributed by atoms with Gasteiger partial charge in [-0.1, -0.05) is 19.3 Å². The van der Waals surface area contributed by atoms with Crippen molar-refractivity contribution < 1.29 is 4.79 Å². The lowest BCUT2D eigenvalue weighted by atomic mass is 9.95. The molecule has 4 heteroatoms. The maximum atomic E-state index is 12.8. The van der Waals surface area contributed by atoms with Gasteiger partial charge in [0.1, 0.15) is 0 Å². The van der Waals surface area contributed by atoms with Crippen molar-refractivity contribution >= 4 is 5.78 Å². The summed E-state index contributed by atoms with van der Waals surface area (Å²) >= 11 is 0. The summed E-state index contributed by atoms with van der Waals surface area (Å²) in [4.78, 5) is 17.4. The van der Waals surface area contributed by atoms with Crippen LogP contribution in [0.5, 0.6) is 0 Å². The van der Waals surface area contributed by atoms with Crippen LogP contribution in [0.3, 0.4) is 0 Å². The van der Waals surface area contributed by atoms with Gasteiger partial charge in [-0.05, 0) is 39.8 Å². The number of likely N-dealkylation sites (N-methyl/N-ethyl adjacent to an activating group) is 1. The fourth-order valence-corrected chi connectivity index (χ4v) is 4.25. The molecule has 1 aliphatic heterocycles. The number of Topliss-reactive ketones (excluding diaryl/α,β-unsaturated/α-hetero) is 1. The van der Waals surface area contributed by atoms with Gasteiger partial charge in [-0.15, -0.1) is 0 Å². The first-order valence-corrected chi connectivity index (χ1v) is 9.19. The molecule has 1 aromatic heterocycles. The van der Waals surface area contributed by atoms with Gasteiger partial charge in [0.2, 0.25) is 0 Å². The summed E-state index contributed by atoms with van der Waals surface area (Å²) in [6.45, 7) is 9.01. The number of piperazine rings is 1. The van der Waals surface area contributed by atoms with E-state index < -0.39 is 0 Å². The van der Waals surface area contributed by atoms with E-state index in [9.17, 15) is 4.79 Å². The van der Waals surface area contributed by atoms with Crippen molar-refractivity contribution in [2.45, 2.75) is 52.0 Å². The van der Waals surface area contributed by atoms with Crippen LogP contribution in [0.4, 0.5) is 0 Å². The van der Waals surface area contributed by atoms with E-state index in [-0.39, 0.29) is 0 Å². The zero-order valence-electron chi connectivity index (χ0n) is 15.0. The highest BCUT2D eigenvalue weighted by Crippen LogP contribution is 2.32. The molecule has 0 radical (unpaired) electrons. The normalized spacial score (nSPS) is 21.7. The Morgan fingerprint density at radius 3 is 2.39 bits per heavy atom. The van der Waals surface area contributed by atoms with Crippen LogP contribution in [0, 0.1) is 13.8 Å². The standard InChI is InChI=1S/C19H31N3O/c1-15-13-18(16(2)22(15)17-7-5-4-6-8-17)19(23)14-21-11-9-20(3)10-12-21/h13,17H,4-12,14H2,1-3H3. The first kappa shape index (κ1) is 16.7. The van der Waals surface area contributed by atoms with E-state index in [1.807, 2.05) is 0 Å². The highest BCUT2D eigenvalue weighted by molar-refractivity contribution is 5.99. The van der Waals surface area contributed by atoms with Gasteiger partial charge in [0.25, 0.3) is 0 Å². The minimum atomic E-state index is 0.296. The summed E-state index contributed by atoms with van der Waals surface area (Å²) in [5, 5.41) is 0. The summed E-state index contributed by atoms with van der Waals surface area (Å²) in [6, 6.07) is 2.73. The Morgan fingerprint density at radius 2 is 1.74 bits per heavy atom. The minimum absolute atomic E-state index is 0.296. The SMILES string of the molecule is Cc1cc(C(=O)CN2CCN(C)CC2)c(C)n1C1CCCCC1. The van der Waals surface area contributed by atoms with Crippen LogP contribution in [-0.2, 0) is 0 Å². The Bertz CT molecular complexity index is 549. The molecule has 1 aliphatic carbocycles. The zero-order valence-corrected chi connectivity index (χ0v) is 15.0. The quantitative estimate of drug-likeness (QED) is 0.799. The van der Waals surface area contributed by atoms with Gasteiger partial charge in [-0.25, -0.2) is 0 Å². The lowest BCUT2D eigenvalue weighted by Gasteiger charge is -2.31. The van der Waals surface area contributed by atoms with E-state index in [0.29, 0.717) is 18.4 Å². The molecular weight excluding hydrogens is 286 g/mol. The van der Waals surface area contributed by atoms with E-state index in [1.54, 1.807) is 0 Å². The van der Waals surface area contributed by atoms with Gasteiger partial charge in [0.05, 0.1) is 6.54 Å². The van der Waals surface area contributed by atoms with Gasteiger partial charge in [0.15, 0.2) is 5.78 Å². The Hall–Kier alpha value is -1.13. The fourth-order valence-electron chi connectivity index (χ4n) is 4.25. The lowest BCUT2D eigenvalue weighted by molar-refractivity contribution is 0.0875. The molecule has 2 fully saturated rings. The van der Waals surface area contributed by atoms with E-state index in [4.69, 9.17) is 0 Å². The Balaban J connectivity index is 1.71. The first-order valence-electron chi connectivity index (χ1n) is 9.19. The van der Waals surface area contributed by atoms with Crippen molar-refractivity contribution in [1.82, 2.24) is 14.4 Å².